The number of nitrogens with zero attached hydrogens (tertiary/aromatic N) is 1. The van der Waals surface area contributed by atoms with Gasteiger partial charge in [-0.1, -0.05) is 30.7 Å². The lowest BCUT2D eigenvalue weighted by atomic mass is 9.95. The lowest BCUT2D eigenvalue weighted by Gasteiger charge is -2.25. The van der Waals surface area contributed by atoms with E-state index in [4.69, 9.17) is 21.1 Å². The smallest absolute Gasteiger partial charge is 0.295 e. The van der Waals surface area contributed by atoms with Crippen LogP contribution in [0.1, 0.15) is 44.4 Å². The summed E-state index contributed by atoms with van der Waals surface area (Å²) in [6, 6.07) is 11.3. The molecular weight excluding hydrogens is 418 g/mol. The molecule has 1 aliphatic heterocycles. The second-order valence-corrected chi connectivity index (χ2v) is 7.48. The molecule has 0 spiro atoms. The van der Waals surface area contributed by atoms with Gasteiger partial charge < -0.3 is 19.5 Å². The molecule has 7 heteroatoms. The summed E-state index contributed by atoms with van der Waals surface area (Å²) in [7, 11) is 0. The van der Waals surface area contributed by atoms with Crippen molar-refractivity contribution in [1.29, 1.82) is 0 Å². The minimum absolute atomic E-state index is 0.0122. The quantitative estimate of drug-likeness (QED) is 0.354. The van der Waals surface area contributed by atoms with Crippen molar-refractivity contribution < 1.29 is 24.2 Å². The van der Waals surface area contributed by atoms with E-state index in [9.17, 15) is 14.7 Å². The van der Waals surface area contributed by atoms with Crippen LogP contribution in [-0.4, -0.2) is 41.5 Å². The van der Waals surface area contributed by atoms with Gasteiger partial charge in [-0.2, -0.15) is 0 Å². The van der Waals surface area contributed by atoms with Crippen molar-refractivity contribution in [3.05, 3.63) is 64.2 Å². The zero-order valence-corrected chi connectivity index (χ0v) is 18.6. The molecule has 1 N–H and O–H groups in total. The number of hydrogen-bond acceptors (Lipinski definition) is 5. The van der Waals surface area contributed by atoms with Gasteiger partial charge in [0.05, 0.1) is 29.9 Å². The van der Waals surface area contributed by atoms with Gasteiger partial charge in [0.15, 0.2) is 0 Å². The molecule has 0 aromatic heterocycles. The van der Waals surface area contributed by atoms with Crippen molar-refractivity contribution in [3.63, 3.8) is 0 Å². The van der Waals surface area contributed by atoms with E-state index in [1.54, 1.807) is 42.5 Å². The fraction of sp³-hybridized carbons (Fsp3) is 0.333. The highest BCUT2D eigenvalue weighted by atomic mass is 35.5. The molecule has 1 fully saturated rings. The van der Waals surface area contributed by atoms with Gasteiger partial charge >= 0.3 is 0 Å². The number of halogens is 1. The fourth-order valence-electron chi connectivity index (χ4n) is 3.70. The Hall–Kier alpha value is -2.99. The molecule has 3 rings (SSSR count). The standard InChI is InChI=1S/C24H26ClNO5/c1-4-13-26-21(15-7-9-16(10-8-15)30-5-2)20(23(28)24(26)29)22(27)18-14-17(31-6-3)11-12-19(18)25/h7-12,14,21,27H,4-6,13H2,1-3H3/b22-20+. The van der Waals surface area contributed by atoms with Gasteiger partial charge in [-0.05, 0) is 56.2 Å². The van der Waals surface area contributed by atoms with Crippen LogP contribution in [0.2, 0.25) is 5.02 Å². The monoisotopic (exact) mass is 443 g/mol. The van der Waals surface area contributed by atoms with Gasteiger partial charge in [0.25, 0.3) is 11.7 Å². The maximum absolute atomic E-state index is 13.0. The Balaban J connectivity index is 2.16. The maximum atomic E-state index is 13.0. The summed E-state index contributed by atoms with van der Waals surface area (Å²) in [4.78, 5) is 27.3. The Morgan fingerprint density at radius 1 is 1.00 bits per heavy atom. The minimum atomic E-state index is -0.734. The number of likely N-dealkylation sites (tertiary alicyclic amines) is 1. The SMILES string of the molecule is CCCN1C(=O)C(=O)/C(=C(/O)c2cc(OCC)ccc2Cl)C1c1ccc(OCC)cc1. The molecular formula is C24H26ClNO5. The van der Waals surface area contributed by atoms with E-state index in [1.165, 1.54) is 4.90 Å². The van der Waals surface area contributed by atoms with E-state index in [0.29, 0.717) is 43.2 Å². The molecule has 1 unspecified atom stereocenters. The van der Waals surface area contributed by atoms with Gasteiger partial charge in [0.2, 0.25) is 0 Å². The van der Waals surface area contributed by atoms with Crippen LogP contribution in [0.4, 0.5) is 0 Å². The molecule has 1 amide bonds. The minimum Gasteiger partial charge on any atom is -0.507 e. The predicted octanol–water partition coefficient (Wildman–Crippen LogP) is 4.97. The molecule has 6 nitrogen and oxygen atoms in total. The van der Waals surface area contributed by atoms with E-state index in [2.05, 4.69) is 0 Å². The van der Waals surface area contributed by atoms with Crippen LogP contribution in [0.25, 0.3) is 5.76 Å². The van der Waals surface area contributed by atoms with Gasteiger partial charge in [0, 0.05) is 12.1 Å². The fourth-order valence-corrected chi connectivity index (χ4v) is 3.91. The average Bonchev–Trinajstić information content (AvgIpc) is 3.01. The van der Waals surface area contributed by atoms with Crippen molar-refractivity contribution in [3.8, 4) is 11.5 Å². The third-order valence-electron chi connectivity index (χ3n) is 5.02. The van der Waals surface area contributed by atoms with Crippen molar-refractivity contribution in [2.75, 3.05) is 19.8 Å². The maximum Gasteiger partial charge on any atom is 0.295 e. The Kier molecular flexibility index (Phi) is 7.23. The third kappa shape index (κ3) is 4.54. The molecule has 2 aromatic carbocycles. The van der Waals surface area contributed by atoms with Crippen LogP contribution in [0.3, 0.4) is 0 Å². The summed E-state index contributed by atoms with van der Waals surface area (Å²) in [5, 5.41) is 11.4. The first-order chi connectivity index (χ1) is 14.9. The van der Waals surface area contributed by atoms with Gasteiger partial charge in [-0.15, -0.1) is 0 Å². The number of rotatable bonds is 8. The number of aliphatic hydroxyl groups is 1. The molecule has 31 heavy (non-hydrogen) atoms. The highest BCUT2D eigenvalue weighted by molar-refractivity contribution is 6.47. The molecule has 0 radical (unpaired) electrons. The predicted molar refractivity (Wildman–Crippen MR) is 120 cm³/mol. The lowest BCUT2D eigenvalue weighted by molar-refractivity contribution is -0.139. The van der Waals surface area contributed by atoms with E-state index < -0.39 is 17.7 Å². The Morgan fingerprint density at radius 3 is 2.23 bits per heavy atom. The van der Waals surface area contributed by atoms with E-state index in [1.807, 2.05) is 20.8 Å². The number of Topliss-reactive ketones (excluding diaryl/α,β-unsaturated/α-hetero) is 1. The molecule has 0 aliphatic carbocycles. The Morgan fingerprint density at radius 2 is 1.61 bits per heavy atom. The topological polar surface area (TPSA) is 76.1 Å². The van der Waals surface area contributed by atoms with Crippen LogP contribution >= 0.6 is 11.6 Å². The molecule has 0 saturated carbocycles. The molecule has 1 heterocycles. The average molecular weight is 444 g/mol. The summed E-state index contributed by atoms with van der Waals surface area (Å²) in [6.07, 6.45) is 0.668. The first-order valence-electron chi connectivity index (χ1n) is 10.4. The van der Waals surface area contributed by atoms with Crippen LogP contribution in [0.5, 0.6) is 11.5 Å². The molecule has 2 aromatic rings. The lowest BCUT2D eigenvalue weighted by Crippen LogP contribution is -2.30. The normalized spacial score (nSPS) is 17.8. The molecule has 1 aliphatic rings. The zero-order chi connectivity index (χ0) is 22.5. The van der Waals surface area contributed by atoms with Crippen molar-refractivity contribution >= 4 is 29.1 Å². The number of ketones is 1. The van der Waals surface area contributed by atoms with E-state index >= 15 is 0 Å². The van der Waals surface area contributed by atoms with Crippen molar-refractivity contribution in [2.45, 2.75) is 33.2 Å². The number of hydrogen-bond donors (Lipinski definition) is 1. The summed E-state index contributed by atoms with van der Waals surface area (Å²) in [5.41, 5.74) is 0.964. The number of carbonyl (C=O) groups excluding carboxylic acids is 2. The second-order valence-electron chi connectivity index (χ2n) is 7.07. The van der Waals surface area contributed by atoms with Crippen LogP contribution in [0, 0.1) is 0 Å². The zero-order valence-electron chi connectivity index (χ0n) is 17.9. The highest BCUT2D eigenvalue weighted by Crippen LogP contribution is 2.41. The molecule has 164 valence electrons. The molecule has 1 saturated heterocycles. The van der Waals surface area contributed by atoms with Gasteiger partial charge in [-0.25, -0.2) is 0 Å². The number of amides is 1. The number of ether oxygens (including phenoxy) is 2. The summed E-state index contributed by atoms with van der Waals surface area (Å²) < 4.78 is 11.0. The van der Waals surface area contributed by atoms with Crippen LogP contribution < -0.4 is 9.47 Å². The number of carbonyl (C=O) groups is 2. The largest absolute Gasteiger partial charge is 0.507 e. The van der Waals surface area contributed by atoms with Gasteiger partial charge in [-0.3, -0.25) is 9.59 Å². The Labute approximate surface area is 187 Å². The van der Waals surface area contributed by atoms with Crippen molar-refractivity contribution in [1.82, 2.24) is 4.90 Å². The second kappa shape index (κ2) is 9.88. The van der Waals surface area contributed by atoms with Gasteiger partial charge in [0.1, 0.15) is 17.3 Å². The first-order valence-corrected chi connectivity index (χ1v) is 10.7. The molecule has 0 bridgehead atoms. The number of benzene rings is 2. The summed E-state index contributed by atoms with van der Waals surface area (Å²) >= 11 is 6.32. The Bertz CT molecular complexity index is 1000. The van der Waals surface area contributed by atoms with Crippen molar-refractivity contribution in [2.24, 2.45) is 0 Å². The third-order valence-corrected chi connectivity index (χ3v) is 5.34. The van der Waals surface area contributed by atoms with E-state index in [-0.39, 0.29) is 21.9 Å². The summed E-state index contributed by atoms with van der Waals surface area (Å²) in [5.74, 6) is -0.496. The van der Waals surface area contributed by atoms with Crippen LogP contribution in [0.15, 0.2) is 48.0 Å². The highest BCUT2D eigenvalue weighted by Gasteiger charge is 2.45. The van der Waals surface area contributed by atoms with Crippen LogP contribution in [-0.2, 0) is 9.59 Å². The van der Waals surface area contributed by atoms with E-state index in [0.717, 1.165) is 0 Å². The summed E-state index contributed by atoms with van der Waals surface area (Å²) in [6.45, 7) is 7.01. The number of aliphatic hydroxyl groups excluding tert-OH is 1. The first kappa shape index (κ1) is 22.7. The molecule has 1 atom stereocenters.